The van der Waals surface area contributed by atoms with Crippen molar-refractivity contribution in [2.24, 2.45) is 5.92 Å². The van der Waals surface area contributed by atoms with E-state index in [2.05, 4.69) is 0 Å². The van der Waals surface area contributed by atoms with Crippen LogP contribution in [0.15, 0.2) is 12.1 Å². The monoisotopic (exact) mass is 244 g/mol. The largest absolute Gasteiger partial charge is 0.503 e. The van der Waals surface area contributed by atoms with Crippen LogP contribution in [-0.2, 0) is 4.79 Å². The standard InChI is InChI=1S/C11H13ClO4/c1-6(2)11(14)16-7-4-5-8(15-3)10(13)9(7)12/h4-6,13H,1-3H3. The van der Waals surface area contributed by atoms with Crippen molar-refractivity contribution in [1.29, 1.82) is 0 Å². The zero-order valence-corrected chi connectivity index (χ0v) is 10.0. The molecule has 0 fully saturated rings. The van der Waals surface area contributed by atoms with Gasteiger partial charge < -0.3 is 14.6 Å². The normalized spacial score (nSPS) is 10.3. The molecule has 0 aliphatic heterocycles. The molecule has 0 atom stereocenters. The maximum Gasteiger partial charge on any atom is 0.313 e. The van der Waals surface area contributed by atoms with E-state index in [0.717, 1.165) is 0 Å². The molecule has 0 saturated carbocycles. The van der Waals surface area contributed by atoms with Crippen molar-refractivity contribution < 1.29 is 19.4 Å². The molecule has 4 nitrogen and oxygen atoms in total. The second-order valence-electron chi connectivity index (χ2n) is 3.50. The first-order chi connectivity index (χ1) is 7.47. The van der Waals surface area contributed by atoms with Gasteiger partial charge in [-0.25, -0.2) is 0 Å². The topological polar surface area (TPSA) is 55.8 Å². The van der Waals surface area contributed by atoms with E-state index in [1.807, 2.05) is 0 Å². The van der Waals surface area contributed by atoms with E-state index >= 15 is 0 Å². The molecule has 0 spiro atoms. The van der Waals surface area contributed by atoms with E-state index in [-0.39, 0.29) is 28.2 Å². The summed E-state index contributed by atoms with van der Waals surface area (Å²) < 4.78 is 9.86. The van der Waals surface area contributed by atoms with Gasteiger partial charge in [0.2, 0.25) is 0 Å². The van der Waals surface area contributed by atoms with Crippen molar-refractivity contribution in [3.05, 3.63) is 17.2 Å². The molecule has 0 unspecified atom stereocenters. The summed E-state index contributed by atoms with van der Waals surface area (Å²) in [6.45, 7) is 3.42. The number of phenols is 1. The van der Waals surface area contributed by atoms with Crippen molar-refractivity contribution in [2.45, 2.75) is 13.8 Å². The Hall–Kier alpha value is -1.42. The second-order valence-corrected chi connectivity index (χ2v) is 3.88. The SMILES string of the molecule is COc1ccc(OC(=O)C(C)C)c(Cl)c1O. The predicted octanol–water partition coefficient (Wildman–Crippen LogP) is 2.62. The minimum Gasteiger partial charge on any atom is -0.503 e. The average Bonchev–Trinajstić information content (AvgIpc) is 2.25. The van der Waals surface area contributed by atoms with Crippen LogP contribution in [0, 0.1) is 5.92 Å². The number of methoxy groups -OCH3 is 1. The second kappa shape index (κ2) is 5.07. The van der Waals surface area contributed by atoms with Crippen molar-refractivity contribution in [2.75, 3.05) is 7.11 Å². The van der Waals surface area contributed by atoms with E-state index in [0.29, 0.717) is 0 Å². The summed E-state index contributed by atoms with van der Waals surface area (Å²) >= 11 is 5.82. The Morgan fingerprint density at radius 1 is 1.38 bits per heavy atom. The van der Waals surface area contributed by atoms with Crippen LogP contribution in [-0.4, -0.2) is 18.2 Å². The summed E-state index contributed by atoms with van der Waals surface area (Å²) in [6.07, 6.45) is 0. The summed E-state index contributed by atoms with van der Waals surface area (Å²) in [7, 11) is 1.41. The number of hydrogen-bond acceptors (Lipinski definition) is 4. The molecule has 1 rings (SSSR count). The molecular weight excluding hydrogens is 232 g/mol. The number of hydrogen-bond donors (Lipinski definition) is 1. The van der Waals surface area contributed by atoms with Crippen LogP contribution in [0.3, 0.4) is 0 Å². The molecule has 0 heterocycles. The molecule has 0 amide bonds. The van der Waals surface area contributed by atoms with Gasteiger partial charge in [0, 0.05) is 0 Å². The molecule has 0 aromatic heterocycles. The average molecular weight is 245 g/mol. The van der Waals surface area contributed by atoms with E-state index in [1.165, 1.54) is 19.2 Å². The Morgan fingerprint density at radius 3 is 2.44 bits per heavy atom. The van der Waals surface area contributed by atoms with Crippen molar-refractivity contribution >= 4 is 17.6 Å². The van der Waals surface area contributed by atoms with Gasteiger partial charge in [0.25, 0.3) is 0 Å². The summed E-state index contributed by atoms with van der Waals surface area (Å²) in [5, 5.41) is 9.55. The molecule has 88 valence electrons. The number of aromatic hydroxyl groups is 1. The van der Waals surface area contributed by atoms with Crippen molar-refractivity contribution in [3.8, 4) is 17.2 Å². The molecule has 0 radical (unpaired) electrons. The molecule has 5 heteroatoms. The zero-order valence-electron chi connectivity index (χ0n) is 9.28. The molecular formula is C11H13ClO4. The van der Waals surface area contributed by atoms with Gasteiger partial charge in [0.15, 0.2) is 17.2 Å². The fourth-order valence-corrected chi connectivity index (χ4v) is 1.19. The van der Waals surface area contributed by atoms with Crippen LogP contribution in [0.2, 0.25) is 5.02 Å². The molecule has 0 aliphatic carbocycles. The lowest BCUT2D eigenvalue weighted by molar-refractivity contribution is -0.137. The van der Waals surface area contributed by atoms with Crippen LogP contribution in [0.5, 0.6) is 17.2 Å². The zero-order chi connectivity index (χ0) is 12.3. The van der Waals surface area contributed by atoms with E-state index in [1.54, 1.807) is 13.8 Å². The number of phenolic OH excluding ortho intramolecular Hbond substituents is 1. The molecule has 0 aliphatic rings. The third kappa shape index (κ3) is 2.58. The quantitative estimate of drug-likeness (QED) is 0.656. The lowest BCUT2D eigenvalue weighted by Crippen LogP contribution is -2.14. The van der Waals surface area contributed by atoms with Crippen LogP contribution in [0.4, 0.5) is 0 Å². The summed E-state index contributed by atoms with van der Waals surface area (Å²) in [5.74, 6) is -0.557. The highest BCUT2D eigenvalue weighted by Gasteiger charge is 2.16. The number of benzene rings is 1. The van der Waals surface area contributed by atoms with Gasteiger partial charge in [-0.2, -0.15) is 0 Å². The molecule has 1 aromatic rings. The van der Waals surface area contributed by atoms with Crippen molar-refractivity contribution in [1.82, 2.24) is 0 Å². The molecule has 0 saturated heterocycles. The number of halogens is 1. The van der Waals surface area contributed by atoms with Gasteiger partial charge in [-0.15, -0.1) is 0 Å². The predicted molar refractivity (Wildman–Crippen MR) is 60.1 cm³/mol. The van der Waals surface area contributed by atoms with Gasteiger partial charge >= 0.3 is 5.97 Å². The van der Waals surface area contributed by atoms with E-state index in [4.69, 9.17) is 21.1 Å². The first-order valence-electron chi connectivity index (χ1n) is 4.74. The van der Waals surface area contributed by atoms with Gasteiger partial charge in [0.1, 0.15) is 5.02 Å². The summed E-state index contributed by atoms with van der Waals surface area (Å²) in [4.78, 5) is 11.3. The smallest absolute Gasteiger partial charge is 0.313 e. The fraction of sp³-hybridized carbons (Fsp3) is 0.364. The maximum atomic E-state index is 11.3. The molecule has 0 bridgehead atoms. The van der Waals surface area contributed by atoms with Crippen LogP contribution >= 0.6 is 11.6 Å². The minimum atomic E-state index is -0.411. The fourth-order valence-electron chi connectivity index (χ4n) is 0.998. The van der Waals surface area contributed by atoms with E-state index < -0.39 is 5.97 Å². The van der Waals surface area contributed by atoms with Crippen LogP contribution < -0.4 is 9.47 Å². The van der Waals surface area contributed by atoms with Crippen LogP contribution in [0.1, 0.15) is 13.8 Å². The highest BCUT2D eigenvalue weighted by Crippen LogP contribution is 2.40. The lowest BCUT2D eigenvalue weighted by atomic mass is 10.2. The first kappa shape index (κ1) is 12.6. The minimum absolute atomic E-state index is 0.0339. The summed E-state index contributed by atoms with van der Waals surface area (Å²) in [6, 6.07) is 2.95. The lowest BCUT2D eigenvalue weighted by Gasteiger charge is -2.11. The summed E-state index contributed by atoms with van der Waals surface area (Å²) in [5.41, 5.74) is 0. The number of carbonyl (C=O) groups is 1. The Morgan fingerprint density at radius 2 is 1.94 bits per heavy atom. The molecule has 16 heavy (non-hydrogen) atoms. The van der Waals surface area contributed by atoms with Gasteiger partial charge in [0.05, 0.1) is 13.0 Å². The Balaban J connectivity index is 2.99. The van der Waals surface area contributed by atoms with Gasteiger partial charge in [-0.1, -0.05) is 25.4 Å². The Labute approximate surface area is 98.7 Å². The highest BCUT2D eigenvalue weighted by molar-refractivity contribution is 6.33. The molecule has 1 aromatic carbocycles. The third-order valence-corrected chi connectivity index (χ3v) is 2.31. The van der Waals surface area contributed by atoms with Gasteiger partial charge in [-0.05, 0) is 12.1 Å². The van der Waals surface area contributed by atoms with Crippen LogP contribution in [0.25, 0.3) is 0 Å². The van der Waals surface area contributed by atoms with Crippen molar-refractivity contribution in [3.63, 3.8) is 0 Å². The van der Waals surface area contributed by atoms with E-state index in [9.17, 15) is 9.90 Å². The maximum absolute atomic E-state index is 11.3. The third-order valence-electron chi connectivity index (χ3n) is 1.95. The first-order valence-corrected chi connectivity index (χ1v) is 5.12. The van der Waals surface area contributed by atoms with Gasteiger partial charge in [-0.3, -0.25) is 4.79 Å². The number of esters is 1. The Kier molecular flexibility index (Phi) is 4.01. The number of ether oxygens (including phenoxy) is 2. The Bertz CT molecular complexity index is 401. The number of rotatable bonds is 3. The molecule has 1 N–H and O–H groups in total. The highest BCUT2D eigenvalue weighted by atomic mass is 35.5. The number of carbonyl (C=O) groups excluding carboxylic acids is 1.